The average molecular weight is 340 g/mol. The summed E-state index contributed by atoms with van der Waals surface area (Å²) < 4.78 is 0.993. The number of nitrogens with one attached hydrogen (secondary N) is 1. The van der Waals surface area contributed by atoms with E-state index in [-0.39, 0.29) is 18.4 Å². The molecule has 0 heterocycles. The summed E-state index contributed by atoms with van der Waals surface area (Å²) in [5.41, 5.74) is 0.627. The van der Waals surface area contributed by atoms with Crippen LogP contribution < -0.4 is 5.32 Å². The Labute approximate surface area is 126 Å². The summed E-state index contributed by atoms with van der Waals surface area (Å²) in [6.07, 6.45) is 2.24. The first-order valence-electron chi connectivity index (χ1n) is 6.73. The van der Waals surface area contributed by atoms with E-state index in [4.69, 9.17) is 5.11 Å². The van der Waals surface area contributed by atoms with Crippen LogP contribution in [0.1, 0.15) is 38.2 Å². The highest BCUT2D eigenvalue weighted by molar-refractivity contribution is 9.10. The van der Waals surface area contributed by atoms with Crippen LogP contribution in [0.5, 0.6) is 0 Å². The van der Waals surface area contributed by atoms with Gasteiger partial charge in [0.25, 0.3) is 0 Å². The Morgan fingerprint density at radius 2 is 1.95 bits per heavy atom. The lowest BCUT2D eigenvalue weighted by molar-refractivity contribution is -0.137. The van der Waals surface area contributed by atoms with E-state index in [1.54, 1.807) is 0 Å². The number of amides is 1. The Balaban J connectivity index is 1.98. The van der Waals surface area contributed by atoms with Gasteiger partial charge in [-0.15, -0.1) is 0 Å². The highest BCUT2D eigenvalue weighted by atomic mass is 79.9. The highest BCUT2D eigenvalue weighted by Gasteiger charge is 2.51. The van der Waals surface area contributed by atoms with Crippen molar-refractivity contribution < 1.29 is 14.7 Å². The fraction of sp³-hybridized carbons (Fsp3) is 0.467. The van der Waals surface area contributed by atoms with E-state index in [1.165, 1.54) is 0 Å². The number of halogens is 1. The van der Waals surface area contributed by atoms with Gasteiger partial charge < -0.3 is 10.4 Å². The molecule has 5 heteroatoms. The van der Waals surface area contributed by atoms with Crippen LogP contribution in [0, 0.1) is 0 Å². The molecule has 0 aromatic heterocycles. The molecule has 0 radical (unpaired) electrons. The lowest BCUT2D eigenvalue weighted by Crippen LogP contribution is -2.40. The fourth-order valence-electron chi connectivity index (χ4n) is 2.31. The molecule has 0 spiro atoms. The van der Waals surface area contributed by atoms with Crippen LogP contribution in [0.4, 0.5) is 0 Å². The maximum Gasteiger partial charge on any atom is 0.303 e. The Morgan fingerprint density at radius 1 is 1.35 bits per heavy atom. The minimum atomic E-state index is -0.833. The maximum atomic E-state index is 12.4. The highest BCUT2D eigenvalue weighted by Crippen LogP contribution is 2.48. The van der Waals surface area contributed by atoms with Crippen molar-refractivity contribution in [1.29, 1.82) is 0 Å². The van der Waals surface area contributed by atoms with Gasteiger partial charge in [-0.2, -0.15) is 0 Å². The number of carbonyl (C=O) groups is 2. The molecule has 1 aromatic carbocycles. The lowest BCUT2D eigenvalue weighted by atomic mass is 9.94. The first-order valence-corrected chi connectivity index (χ1v) is 7.52. The van der Waals surface area contributed by atoms with Crippen LogP contribution in [0.2, 0.25) is 0 Å². The molecule has 108 valence electrons. The van der Waals surface area contributed by atoms with E-state index >= 15 is 0 Å². The second kappa shape index (κ2) is 5.95. The first-order chi connectivity index (χ1) is 9.44. The number of hydrogen-bond acceptors (Lipinski definition) is 2. The van der Waals surface area contributed by atoms with Gasteiger partial charge in [0, 0.05) is 16.9 Å². The quantitative estimate of drug-likeness (QED) is 0.837. The third kappa shape index (κ3) is 3.39. The smallest absolute Gasteiger partial charge is 0.303 e. The first kappa shape index (κ1) is 15.0. The molecule has 0 aliphatic heterocycles. The standard InChI is InChI=1S/C15H18BrNO3/c1-10(2-7-13(18)19)17-14(20)15(8-9-15)11-3-5-12(16)6-4-11/h3-6,10H,2,7-9H2,1H3,(H,17,20)(H,18,19). The van der Waals surface area contributed by atoms with Gasteiger partial charge in [-0.25, -0.2) is 0 Å². The van der Waals surface area contributed by atoms with Crippen LogP contribution in [0.3, 0.4) is 0 Å². The lowest BCUT2D eigenvalue weighted by Gasteiger charge is -2.19. The van der Waals surface area contributed by atoms with Gasteiger partial charge in [0.1, 0.15) is 0 Å². The third-order valence-corrected chi connectivity index (χ3v) is 4.28. The molecule has 2 N–H and O–H groups in total. The molecule has 0 bridgehead atoms. The molecule has 1 saturated carbocycles. The minimum absolute atomic E-state index is 0.0118. The van der Waals surface area contributed by atoms with Crippen LogP contribution in [-0.4, -0.2) is 23.0 Å². The molecule has 4 nitrogen and oxygen atoms in total. The summed E-state index contributed by atoms with van der Waals surface area (Å²) in [7, 11) is 0. The van der Waals surface area contributed by atoms with Crippen molar-refractivity contribution in [3.63, 3.8) is 0 Å². The number of rotatable bonds is 6. The Hall–Kier alpha value is -1.36. The molecular formula is C15H18BrNO3. The van der Waals surface area contributed by atoms with Gasteiger partial charge in [-0.1, -0.05) is 28.1 Å². The van der Waals surface area contributed by atoms with Crippen molar-refractivity contribution in [2.45, 2.75) is 44.1 Å². The predicted molar refractivity (Wildman–Crippen MR) is 79.5 cm³/mol. The van der Waals surface area contributed by atoms with Gasteiger partial charge in [0.15, 0.2) is 0 Å². The SMILES string of the molecule is CC(CCC(=O)O)NC(=O)C1(c2ccc(Br)cc2)CC1. The molecule has 1 atom stereocenters. The summed E-state index contributed by atoms with van der Waals surface area (Å²) in [5.74, 6) is -0.821. The van der Waals surface area contributed by atoms with Crippen LogP contribution >= 0.6 is 15.9 Å². The zero-order valence-corrected chi connectivity index (χ0v) is 12.9. The van der Waals surface area contributed by atoms with E-state index in [9.17, 15) is 9.59 Å². The predicted octanol–water partition coefficient (Wildman–Crippen LogP) is 2.85. The number of benzene rings is 1. The van der Waals surface area contributed by atoms with Crippen molar-refractivity contribution in [2.75, 3.05) is 0 Å². The Kier molecular flexibility index (Phi) is 4.48. The normalized spacial score (nSPS) is 17.3. The number of aliphatic carboxylic acids is 1. The van der Waals surface area contributed by atoms with Crippen LogP contribution in [0.25, 0.3) is 0 Å². The number of carboxylic acids is 1. The number of hydrogen-bond donors (Lipinski definition) is 2. The molecular weight excluding hydrogens is 322 g/mol. The van der Waals surface area contributed by atoms with Crippen molar-refractivity contribution in [1.82, 2.24) is 5.32 Å². The molecule has 20 heavy (non-hydrogen) atoms. The molecule has 1 fully saturated rings. The van der Waals surface area contributed by atoms with Gasteiger partial charge in [-0.3, -0.25) is 9.59 Å². The summed E-state index contributed by atoms with van der Waals surface area (Å²) in [6.45, 7) is 1.85. The molecule has 2 rings (SSSR count). The van der Waals surface area contributed by atoms with Gasteiger partial charge >= 0.3 is 5.97 Å². The van der Waals surface area contributed by atoms with Gasteiger partial charge in [0.2, 0.25) is 5.91 Å². The van der Waals surface area contributed by atoms with E-state index in [2.05, 4.69) is 21.2 Å². The van der Waals surface area contributed by atoms with Crippen molar-refractivity contribution in [2.24, 2.45) is 0 Å². The van der Waals surface area contributed by atoms with E-state index in [0.29, 0.717) is 6.42 Å². The number of carbonyl (C=O) groups excluding carboxylic acids is 1. The molecule has 1 amide bonds. The zero-order chi connectivity index (χ0) is 14.8. The van der Waals surface area contributed by atoms with E-state index in [1.807, 2.05) is 31.2 Å². The average Bonchev–Trinajstić information content (AvgIpc) is 3.18. The van der Waals surface area contributed by atoms with Crippen LogP contribution in [0.15, 0.2) is 28.7 Å². The summed E-state index contributed by atoms with van der Waals surface area (Å²) in [6, 6.07) is 7.70. The van der Waals surface area contributed by atoms with Crippen molar-refractivity contribution in [3.8, 4) is 0 Å². The van der Waals surface area contributed by atoms with Crippen molar-refractivity contribution >= 4 is 27.8 Å². The second-order valence-electron chi connectivity index (χ2n) is 5.40. The Bertz CT molecular complexity index is 508. The second-order valence-corrected chi connectivity index (χ2v) is 6.31. The number of carboxylic acid groups (broad SMARTS) is 1. The zero-order valence-electron chi connectivity index (χ0n) is 11.4. The maximum absolute atomic E-state index is 12.4. The third-order valence-electron chi connectivity index (χ3n) is 3.75. The Morgan fingerprint density at radius 3 is 2.45 bits per heavy atom. The monoisotopic (exact) mass is 339 g/mol. The molecule has 1 aliphatic rings. The van der Waals surface area contributed by atoms with Crippen LogP contribution in [-0.2, 0) is 15.0 Å². The van der Waals surface area contributed by atoms with E-state index < -0.39 is 11.4 Å². The summed E-state index contributed by atoms with van der Waals surface area (Å²) >= 11 is 3.39. The molecule has 1 unspecified atom stereocenters. The topological polar surface area (TPSA) is 66.4 Å². The van der Waals surface area contributed by atoms with Crippen molar-refractivity contribution in [3.05, 3.63) is 34.3 Å². The molecule has 0 saturated heterocycles. The minimum Gasteiger partial charge on any atom is -0.481 e. The fourth-order valence-corrected chi connectivity index (χ4v) is 2.58. The largest absolute Gasteiger partial charge is 0.481 e. The van der Waals surface area contributed by atoms with Gasteiger partial charge in [0.05, 0.1) is 5.41 Å². The van der Waals surface area contributed by atoms with Gasteiger partial charge in [-0.05, 0) is 43.9 Å². The summed E-state index contributed by atoms with van der Waals surface area (Å²) in [5, 5.41) is 11.6. The summed E-state index contributed by atoms with van der Waals surface area (Å²) in [4.78, 5) is 22.9. The molecule has 1 aromatic rings. The van der Waals surface area contributed by atoms with E-state index in [0.717, 1.165) is 22.9 Å². The molecule has 1 aliphatic carbocycles.